The molecule has 0 unspecified atom stereocenters. The Labute approximate surface area is 102 Å². The highest BCUT2D eigenvalue weighted by atomic mass is 28.4. The molecule has 0 radical (unpaired) electrons. The molecule has 4 atom stereocenters. The molecule has 3 nitrogen and oxygen atoms in total. The molecule has 1 fully saturated rings. The van der Waals surface area contributed by atoms with Gasteiger partial charge in [-0.05, 0) is 32.0 Å². The molecule has 4 heteroatoms. The van der Waals surface area contributed by atoms with Crippen LogP contribution in [0.1, 0.15) is 36.0 Å². The third kappa shape index (κ3) is 2.67. The highest BCUT2D eigenvalue weighted by Crippen LogP contribution is 2.39. The summed E-state index contributed by atoms with van der Waals surface area (Å²) in [6.45, 7) is 12.9. The van der Waals surface area contributed by atoms with Crippen molar-refractivity contribution in [2.24, 2.45) is 0 Å². The first kappa shape index (κ1) is 12.6. The number of hydrogen-bond acceptors (Lipinski definition) is 3. The second-order valence-corrected chi connectivity index (χ2v) is 11.0. The largest absolute Gasteiger partial charge is 0.409 e. The summed E-state index contributed by atoms with van der Waals surface area (Å²) in [6.07, 6.45) is -1.49. The molecule has 0 aromatic heterocycles. The number of ether oxygens (including phenoxy) is 1. The SMILES string of the molecule is [2H]C[C@H]1O[C@@H](C)[C@H](O[Si](C)(C)C(C)(C)C)[C@@H]1O. The topological polar surface area (TPSA) is 38.7 Å². The lowest BCUT2D eigenvalue weighted by Crippen LogP contribution is -2.48. The van der Waals surface area contributed by atoms with E-state index in [9.17, 15) is 5.11 Å². The first-order chi connectivity index (χ1) is 7.60. The number of aliphatic hydroxyl groups is 1. The molecular weight excluding hydrogens is 220 g/mol. The van der Waals surface area contributed by atoms with Gasteiger partial charge in [0.1, 0.15) is 6.10 Å². The molecule has 1 heterocycles. The van der Waals surface area contributed by atoms with Gasteiger partial charge in [0, 0.05) is 1.37 Å². The van der Waals surface area contributed by atoms with E-state index in [1.165, 1.54) is 0 Å². The van der Waals surface area contributed by atoms with Crippen molar-refractivity contribution < 1.29 is 15.6 Å². The van der Waals surface area contributed by atoms with E-state index in [-0.39, 0.29) is 24.1 Å². The summed E-state index contributed by atoms with van der Waals surface area (Å²) < 4.78 is 19.1. The monoisotopic (exact) mass is 247 g/mol. The van der Waals surface area contributed by atoms with E-state index in [1.54, 1.807) is 0 Å². The molecule has 1 saturated heterocycles. The lowest BCUT2D eigenvalue weighted by Gasteiger charge is -2.39. The first-order valence-electron chi connectivity index (χ1n) is 6.61. The molecule has 0 spiro atoms. The third-order valence-electron chi connectivity index (χ3n) is 3.81. The molecule has 0 aromatic carbocycles. The van der Waals surface area contributed by atoms with E-state index in [4.69, 9.17) is 10.5 Å². The summed E-state index contributed by atoms with van der Waals surface area (Å²) in [7, 11) is -1.90. The Hall–Kier alpha value is 0.0969. The molecular formula is C12H26O3Si. The number of aliphatic hydroxyl groups excluding tert-OH is 1. The van der Waals surface area contributed by atoms with Gasteiger partial charge >= 0.3 is 0 Å². The number of hydrogen-bond donors (Lipinski definition) is 1. The molecule has 16 heavy (non-hydrogen) atoms. The van der Waals surface area contributed by atoms with Crippen molar-refractivity contribution in [2.75, 3.05) is 0 Å². The minimum atomic E-state index is -1.90. The standard InChI is InChI=1S/C12H26O3Si/c1-8-10(13)11(9(2)14-8)15-16(6,7)12(3,4)5/h8-11,13H,1-7H3/t8-,9+,10-,11+/m1/s1/i1D. The molecule has 0 saturated carbocycles. The van der Waals surface area contributed by atoms with Crippen LogP contribution in [0.5, 0.6) is 0 Å². The lowest BCUT2D eigenvalue weighted by atomic mass is 10.1. The van der Waals surface area contributed by atoms with Crippen LogP contribution in [0.4, 0.5) is 0 Å². The third-order valence-corrected chi connectivity index (χ3v) is 8.28. The molecule has 0 aromatic rings. The maximum Gasteiger partial charge on any atom is 0.192 e. The van der Waals surface area contributed by atoms with Crippen LogP contribution in [0.15, 0.2) is 0 Å². The Morgan fingerprint density at radius 3 is 2.25 bits per heavy atom. The van der Waals surface area contributed by atoms with Crippen LogP contribution < -0.4 is 0 Å². The Balaban J connectivity index is 2.75. The second-order valence-electron chi connectivity index (χ2n) is 6.21. The number of rotatable bonds is 2. The van der Waals surface area contributed by atoms with Crippen molar-refractivity contribution in [3.05, 3.63) is 0 Å². The average Bonchev–Trinajstić information content (AvgIpc) is 2.43. The summed E-state index contributed by atoms with van der Waals surface area (Å²) in [5.41, 5.74) is 0. The van der Waals surface area contributed by atoms with Crippen molar-refractivity contribution in [3.63, 3.8) is 0 Å². The quantitative estimate of drug-likeness (QED) is 0.762. The van der Waals surface area contributed by atoms with Gasteiger partial charge in [-0.1, -0.05) is 20.8 Å². The molecule has 96 valence electrons. The predicted molar refractivity (Wildman–Crippen MR) is 68.1 cm³/mol. The summed E-state index contributed by atoms with van der Waals surface area (Å²) >= 11 is 0. The molecule has 0 aliphatic carbocycles. The smallest absolute Gasteiger partial charge is 0.192 e. The van der Waals surface area contributed by atoms with Gasteiger partial charge < -0.3 is 14.3 Å². The highest BCUT2D eigenvalue weighted by Gasteiger charge is 2.46. The van der Waals surface area contributed by atoms with Crippen molar-refractivity contribution in [1.29, 1.82) is 0 Å². The first-order valence-corrected chi connectivity index (χ1v) is 8.81. The van der Waals surface area contributed by atoms with Crippen LogP contribution in [-0.4, -0.2) is 37.8 Å². The van der Waals surface area contributed by atoms with Gasteiger partial charge in [-0.3, -0.25) is 0 Å². The average molecular weight is 247 g/mol. The zero-order valence-electron chi connectivity index (χ0n) is 12.3. The van der Waals surface area contributed by atoms with Gasteiger partial charge in [-0.15, -0.1) is 0 Å². The fraction of sp³-hybridized carbons (Fsp3) is 1.00. The molecule has 1 rings (SSSR count). The van der Waals surface area contributed by atoms with E-state index >= 15 is 0 Å². The fourth-order valence-electron chi connectivity index (χ4n) is 1.61. The molecule has 0 bridgehead atoms. The van der Waals surface area contributed by atoms with Gasteiger partial charge in [-0.25, -0.2) is 0 Å². The molecule has 1 N–H and O–H groups in total. The Kier molecular flexibility index (Phi) is 3.46. The van der Waals surface area contributed by atoms with Gasteiger partial charge in [0.15, 0.2) is 8.32 Å². The van der Waals surface area contributed by atoms with Crippen molar-refractivity contribution in [1.82, 2.24) is 0 Å². The van der Waals surface area contributed by atoms with Gasteiger partial charge in [0.05, 0.1) is 18.3 Å². The van der Waals surface area contributed by atoms with Gasteiger partial charge in [-0.2, -0.15) is 0 Å². The van der Waals surface area contributed by atoms with E-state index < -0.39 is 20.5 Å². The van der Waals surface area contributed by atoms with Crippen LogP contribution in [0.3, 0.4) is 0 Å². The van der Waals surface area contributed by atoms with E-state index in [0.717, 1.165) is 0 Å². The van der Waals surface area contributed by atoms with Crippen LogP contribution in [0.2, 0.25) is 18.1 Å². The maximum absolute atomic E-state index is 10.1. The van der Waals surface area contributed by atoms with Crippen LogP contribution in [0.25, 0.3) is 0 Å². The normalized spacial score (nSPS) is 37.6. The zero-order chi connectivity index (χ0) is 13.4. The molecule has 1 aliphatic heterocycles. The zero-order valence-corrected chi connectivity index (χ0v) is 12.3. The van der Waals surface area contributed by atoms with Gasteiger partial charge in [0.2, 0.25) is 0 Å². The Bertz CT molecular complexity index is 265. The van der Waals surface area contributed by atoms with E-state index in [1.807, 2.05) is 6.92 Å². The van der Waals surface area contributed by atoms with Crippen LogP contribution in [-0.2, 0) is 9.16 Å². The highest BCUT2D eigenvalue weighted by molar-refractivity contribution is 6.74. The second kappa shape index (κ2) is 4.41. The minimum absolute atomic E-state index is 0.0862. The van der Waals surface area contributed by atoms with Crippen molar-refractivity contribution in [2.45, 2.75) is 77.1 Å². The summed E-state index contributed by atoms with van der Waals surface area (Å²) in [5, 5.41) is 10.2. The molecule has 1 aliphatic rings. The summed E-state index contributed by atoms with van der Waals surface area (Å²) in [5.74, 6) is 0. The predicted octanol–water partition coefficient (Wildman–Crippen LogP) is 2.54. The van der Waals surface area contributed by atoms with Crippen LogP contribution >= 0.6 is 0 Å². The van der Waals surface area contributed by atoms with E-state index in [2.05, 4.69) is 33.9 Å². The fourth-order valence-corrected chi connectivity index (χ4v) is 2.97. The molecule has 0 amide bonds. The van der Waals surface area contributed by atoms with Crippen LogP contribution in [0, 0.1) is 0 Å². The summed E-state index contributed by atoms with van der Waals surface area (Å²) in [4.78, 5) is 0. The van der Waals surface area contributed by atoms with Gasteiger partial charge in [0.25, 0.3) is 0 Å². The Morgan fingerprint density at radius 2 is 1.88 bits per heavy atom. The van der Waals surface area contributed by atoms with Crippen molar-refractivity contribution in [3.8, 4) is 0 Å². The maximum atomic E-state index is 10.1. The lowest BCUT2D eigenvalue weighted by molar-refractivity contribution is 0.0285. The minimum Gasteiger partial charge on any atom is -0.409 e. The van der Waals surface area contributed by atoms with E-state index in [0.29, 0.717) is 0 Å². The Morgan fingerprint density at radius 1 is 1.31 bits per heavy atom. The van der Waals surface area contributed by atoms with Crippen molar-refractivity contribution >= 4 is 8.32 Å². The summed E-state index contributed by atoms with van der Waals surface area (Å²) in [6, 6.07) is 0.